The van der Waals surface area contributed by atoms with E-state index >= 15 is 0 Å². The summed E-state index contributed by atoms with van der Waals surface area (Å²) in [6.45, 7) is 5.59. The molecule has 1 fully saturated rings. The predicted molar refractivity (Wildman–Crippen MR) is 82.2 cm³/mol. The van der Waals surface area contributed by atoms with Gasteiger partial charge in [0, 0.05) is 17.6 Å². The molecule has 0 saturated carbocycles. The average molecular weight is 332 g/mol. The molecule has 3 aliphatic rings. The van der Waals surface area contributed by atoms with Crippen LogP contribution in [0.5, 0.6) is 0 Å². The van der Waals surface area contributed by atoms with Crippen molar-refractivity contribution in [3.05, 3.63) is 22.8 Å². The zero-order valence-electron chi connectivity index (χ0n) is 14.0. The van der Waals surface area contributed by atoms with Crippen molar-refractivity contribution in [2.75, 3.05) is 0 Å². The zero-order valence-corrected chi connectivity index (χ0v) is 14.0. The topological polar surface area (TPSA) is 86.7 Å². The summed E-state index contributed by atoms with van der Waals surface area (Å²) < 4.78 is 9.60. The second-order valence-electron chi connectivity index (χ2n) is 6.84. The first-order valence-corrected chi connectivity index (χ1v) is 8.29. The number of carbonyl (C=O) groups excluding carboxylic acids is 4. The van der Waals surface area contributed by atoms with E-state index in [0.717, 1.165) is 12.8 Å². The van der Waals surface area contributed by atoms with Crippen LogP contribution < -0.4 is 0 Å². The Balaban J connectivity index is 2.20. The summed E-state index contributed by atoms with van der Waals surface area (Å²) in [5, 5.41) is 0. The SMILES string of the molecule is CCC1/C=C2/C(=O)OC(=O)[C@]2(C)CC2=C(C[C@@H]1CC)C(=O)OC2=O. The number of carbonyl (C=O) groups is 4. The van der Waals surface area contributed by atoms with E-state index in [4.69, 9.17) is 9.47 Å². The fourth-order valence-electron chi connectivity index (χ4n) is 3.86. The molecule has 6 nitrogen and oxygen atoms in total. The summed E-state index contributed by atoms with van der Waals surface area (Å²) in [4.78, 5) is 48.7. The molecule has 0 N–H and O–H groups in total. The van der Waals surface area contributed by atoms with Crippen LogP contribution in [-0.4, -0.2) is 23.9 Å². The van der Waals surface area contributed by atoms with Crippen LogP contribution in [0.25, 0.3) is 0 Å². The number of fused-ring (bicyclic) bond motifs is 1. The lowest BCUT2D eigenvalue weighted by Gasteiger charge is -2.23. The van der Waals surface area contributed by atoms with Gasteiger partial charge in [0.25, 0.3) is 0 Å². The molecule has 6 heteroatoms. The number of hydrogen-bond acceptors (Lipinski definition) is 6. The lowest BCUT2D eigenvalue weighted by Crippen LogP contribution is -2.27. The Hall–Kier alpha value is -2.24. The highest BCUT2D eigenvalue weighted by molar-refractivity contribution is 6.14. The van der Waals surface area contributed by atoms with Crippen molar-refractivity contribution in [2.24, 2.45) is 17.3 Å². The van der Waals surface area contributed by atoms with E-state index in [2.05, 4.69) is 0 Å². The van der Waals surface area contributed by atoms with Crippen LogP contribution in [0, 0.1) is 17.3 Å². The van der Waals surface area contributed by atoms with Gasteiger partial charge in [0.1, 0.15) is 5.41 Å². The second-order valence-corrected chi connectivity index (χ2v) is 6.84. The molecule has 24 heavy (non-hydrogen) atoms. The normalized spacial score (nSPS) is 35.4. The molecule has 3 rings (SSSR count). The molecule has 1 unspecified atom stereocenters. The molecule has 0 aromatic heterocycles. The van der Waals surface area contributed by atoms with Gasteiger partial charge in [-0.2, -0.15) is 0 Å². The Morgan fingerprint density at radius 2 is 1.67 bits per heavy atom. The van der Waals surface area contributed by atoms with Crippen molar-refractivity contribution in [1.29, 1.82) is 0 Å². The maximum Gasteiger partial charge on any atom is 0.342 e. The molecule has 2 aliphatic heterocycles. The minimum absolute atomic E-state index is 0.0122. The first kappa shape index (κ1) is 16.6. The number of hydrogen-bond donors (Lipinski definition) is 0. The van der Waals surface area contributed by atoms with E-state index < -0.39 is 29.3 Å². The van der Waals surface area contributed by atoms with E-state index in [0.29, 0.717) is 17.6 Å². The van der Waals surface area contributed by atoms with Crippen LogP contribution in [0.3, 0.4) is 0 Å². The van der Waals surface area contributed by atoms with Gasteiger partial charge in [0.05, 0.1) is 5.57 Å². The molecular formula is C18H20O6. The van der Waals surface area contributed by atoms with Crippen LogP contribution in [-0.2, 0) is 28.7 Å². The van der Waals surface area contributed by atoms with E-state index in [9.17, 15) is 19.2 Å². The largest absolute Gasteiger partial charge is 0.389 e. The summed E-state index contributed by atoms with van der Waals surface area (Å²) in [6, 6.07) is 0. The zero-order chi connectivity index (χ0) is 17.6. The summed E-state index contributed by atoms with van der Waals surface area (Å²) in [5.74, 6) is -2.59. The van der Waals surface area contributed by atoms with Crippen LogP contribution >= 0.6 is 0 Å². The third kappa shape index (κ3) is 2.32. The molecule has 1 aliphatic carbocycles. The Morgan fingerprint density at radius 1 is 1.00 bits per heavy atom. The van der Waals surface area contributed by atoms with E-state index in [-0.39, 0.29) is 23.8 Å². The van der Waals surface area contributed by atoms with E-state index in [1.54, 1.807) is 6.92 Å². The van der Waals surface area contributed by atoms with Gasteiger partial charge < -0.3 is 9.47 Å². The fourth-order valence-corrected chi connectivity index (χ4v) is 3.86. The quantitative estimate of drug-likeness (QED) is 0.569. The van der Waals surface area contributed by atoms with Crippen LogP contribution in [0.15, 0.2) is 22.8 Å². The number of esters is 4. The molecule has 3 atom stereocenters. The van der Waals surface area contributed by atoms with Crippen molar-refractivity contribution in [1.82, 2.24) is 0 Å². The van der Waals surface area contributed by atoms with Gasteiger partial charge in [-0.05, 0) is 31.6 Å². The maximum atomic E-state index is 12.3. The van der Waals surface area contributed by atoms with Crippen LogP contribution in [0.4, 0.5) is 0 Å². The first-order valence-electron chi connectivity index (χ1n) is 8.29. The Labute approximate surface area is 139 Å². The molecule has 2 heterocycles. The Bertz CT molecular complexity index is 713. The third-order valence-corrected chi connectivity index (χ3v) is 5.47. The molecule has 0 amide bonds. The smallest absolute Gasteiger partial charge is 0.342 e. The molecule has 0 aromatic carbocycles. The monoisotopic (exact) mass is 332 g/mol. The second kappa shape index (κ2) is 5.69. The lowest BCUT2D eigenvalue weighted by molar-refractivity contribution is -0.154. The standard InChI is InChI=1S/C18H20O6/c1-4-9-6-11-12(15(20)23-14(11)19)8-18(3)13(7-10(9)5-2)16(21)24-17(18)22/h7,9-10H,4-6,8H2,1-3H3/b13-7-/t9-,10?,18+/m0/s1. The van der Waals surface area contributed by atoms with Gasteiger partial charge in [-0.15, -0.1) is 0 Å². The highest BCUT2D eigenvalue weighted by Crippen LogP contribution is 2.47. The Kier molecular flexibility index (Phi) is 3.94. The van der Waals surface area contributed by atoms with Gasteiger partial charge in [0.15, 0.2) is 0 Å². The molecule has 0 aromatic rings. The van der Waals surface area contributed by atoms with Crippen molar-refractivity contribution in [3.63, 3.8) is 0 Å². The summed E-state index contributed by atoms with van der Waals surface area (Å²) >= 11 is 0. The maximum absolute atomic E-state index is 12.3. The molecular weight excluding hydrogens is 312 g/mol. The van der Waals surface area contributed by atoms with Gasteiger partial charge >= 0.3 is 23.9 Å². The highest BCUT2D eigenvalue weighted by Gasteiger charge is 2.53. The molecule has 128 valence electrons. The summed E-state index contributed by atoms with van der Waals surface area (Å²) in [6.07, 6.45) is 3.72. The number of cyclic esters (lactones) is 4. The van der Waals surface area contributed by atoms with Gasteiger partial charge in [0.2, 0.25) is 0 Å². The van der Waals surface area contributed by atoms with Crippen molar-refractivity contribution in [3.8, 4) is 0 Å². The van der Waals surface area contributed by atoms with Gasteiger partial charge in [-0.25, -0.2) is 14.4 Å². The van der Waals surface area contributed by atoms with Crippen molar-refractivity contribution in [2.45, 2.75) is 46.5 Å². The Morgan fingerprint density at radius 3 is 2.29 bits per heavy atom. The molecule has 0 radical (unpaired) electrons. The highest BCUT2D eigenvalue weighted by atomic mass is 16.6. The number of ether oxygens (including phenoxy) is 2. The minimum atomic E-state index is -1.25. The average Bonchev–Trinajstić information content (AvgIpc) is 2.92. The number of allylic oxidation sites excluding steroid dienone is 1. The van der Waals surface area contributed by atoms with Gasteiger partial charge in [-0.3, -0.25) is 4.79 Å². The molecule has 0 bridgehead atoms. The van der Waals surface area contributed by atoms with E-state index in [1.165, 1.54) is 0 Å². The predicted octanol–water partition coefficient (Wildman–Crippen LogP) is 2.23. The van der Waals surface area contributed by atoms with Crippen molar-refractivity contribution >= 4 is 23.9 Å². The summed E-state index contributed by atoms with van der Waals surface area (Å²) in [7, 11) is 0. The first-order chi connectivity index (χ1) is 11.3. The fraction of sp³-hybridized carbons (Fsp3) is 0.556. The van der Waals surface area contributed by atoms with Crippen molar-refractivity contribution < 1.29 is 28.7 Å². The van der Waals surface area contributed by atoms with Gasteiger partial charge in [-0.1, -0.05) is 26.3 Å². The third-order valence-electron chi connectivity index (χ3n) is 5.47. The molecule has 1 saturated heterocycles. The van der Waals surface area contributed by atoms with Crippen LogP contribution in [0.2, 0.25) is 0 Å². The van der Waals surface area contributed by atoms with Crippen LogP contribution in [0.1, 0.15) is 46.5 Å². The minimum Gasteiger partial charge on any atom is -0.389 e. The van der Waals surface area contributed by atoms with E-state index in [1.807, 2.05) is 19.9 Å². The summed E-state index contributed by atoms with van der Waals surface area (Å²) in [5.41, 5.74) is -0.417. The molecule has 0 spiro atoms. The number of rotatable bonds is 2. The lowest BCUT2D eigenvalue weighted by atomic mass is 9.76.